The van der Waals surface area contributed by atoms with Gasteiger partial charge >= 0.3 is 0 Å². The molecule has 2 bridgehead atoms. The van der Waals surface area contributed by atoms with E-state index in [9.17, 15) is 4.79 Å². The molecule has 4 rings (SSSR count). The minimum atomic E-state index is -0.109. The third-order valence-corrected chi connectivity index (χ3v) is 5.49. The number of fused-ring (bicyclic) bond motifs is 3. The van der Waals surface area contributed by atoms with Crippen LogP contribution in [0.2, 0.25) is 0 Å². The van der Waals surface area contributed by atoms with Crippen LogP contribution >= 0.6 is 0 Å². The molecule has 2 N–H and O–H groups in total. The van der Waals surface area contributed by atoms with Gasteiger partial charge in [-0.1, -0.05) is 0 Å². The zero-order valence-corrected chi connectivity index (χ0v) is 12.5. The van der Waals surface area contributed by atoms with E-state index in [-0.39, 0.29) is 11.9 Å². The average molecular weight is 289 g/mol. The summed E-state index contributed by atoms with van der Waals surface area (Å²) in [5.41, 5.74) is 2.16. The number of amides is 1. The highest BCUT2D eigenvalue weighted by Crippen LogP contribution is 2.29. The fraction of sp³-hybridized carbons (Fsp3) is 0.733. The number of hydrogen-bond donors (Lipinski definition) is 2. The third-order valence-electron chi connectivity index (χ3n) is 5.49. The Balaban J connectivity index is 1.46. The van der Waals surface area contributed by atoms with Gasteiger partial charge in [0.15, 0.2) is 0 Å². The molecule has 2 fully saturated rings. The highest BCUT2D eigenvalue weighted by Gasteiger charge is 2.38. The van der Waals surface area contributed by atoms with Crippen LogP contribution in [0.1, 0.15) is 30.7 Å². The first-order chi connectivity index (χ1) is 10.2. The van der Waals surface area contributed by atoms with Gasteiger partial charge in [0.2, 0.25) is 5.91 Å². The molecule has 3 unspecified atom stereocenters. The van der Waals surface area contributed by atoms with E-state index in [2.05, 4.69) is 32.1 Å². The summed E-state index contributed by atoms with van der Waals surface area (Å²) in [4.78, 5) is 24.8. The van der Waals surface area contributed by atoms with Crippen molar-refractivity contribution >= 4 is 5.91 Å². The molecule has 3 atom stereocenters. The maximum Gasteiger partial charge on any atom is 0.240 e. The molecule has 114 valence electrons. The van der Waals surface area contributed by atoms with Crippen LogP contribution in [0.3, 0.4) is 0 Å². The van der Waals surface area contributed by atoms with Gasteiger partial charge < -0.3 is 9.88 Å². The van der Waals surface area contributed by atoms with Crippen LogP contribution in [0.4, 0.5) is 0 Å². The summed E-state index contributed by atoms with van der Waals surface area (Å²) in [6, 6.07) is 1.11. The largest absolute Gasteiger partial charge is 0.347 e. The number of nitrogens with one attached hydrogen (secondary N) is 2. The Morgan fingerprint density at radius 2 is 2.19 bits per heavy atom. The van der Waals surface area contributed by atoms with Crippen LogP contribution in [0.5, 0.6) is 0 Å². The summed E-state index contributed by atoms with van der Waals surface area (Å²) in [5.74, 6) is 0.254. The van der Waals surface area contributed by atoms with Gasteiger partial charge in [0.05, 0.1) is 23.8 Å². The number of rotatable bonds is 1. The molecule has 0 aliphatic carbocycles. The summed E-state index contributed by atoms with van der Waals surface area (Å²) in [7, 11) is 2.21. The van der Waals surface area contributed by atoms with Gasteiger partial charge in [-0.3, -0.25) is 15.0 Å². The Labute approximate surface area is 124 Å². The zero-order valence-electron chi connectivity index (χ0n) is 12.5. The molecule has 2 saturated heterocycles. The lowest BCUT2D eigenvalue weighted by atomic mass is 10.0. The van der Waals surface area contributed by atoms with Gasteiger partial charge in [-0.25, -0.2) is 4.98 Å². The van der Waals surface area contributed by atoms with E-state index in [1.54, 1.807) is 6.33 Å². The summed E-state index contributed by atoms with van der Waals surface area (Å²) < 4.78 is 0. The van der Waals surface area contributed by atoms with Gasteiger partial charge in [-0.2, -0.15) is 0 Å². The summed E-state index contributed by atoms with van der Waals surface area (Å²) >= 11 is 0. The molecule has 0 saturated carbocycles. The fourth-order valence-electron chi connectivity index (χ4n) is 4.07. The van der Waals surface area contributed by atoms with Crippen molar-refractivity contribution in [3.05, 3.63) is 17.7 Å². The fourth-order valence-corrected chi connectivity index (χ4v) is 4.07. The molecule has 6 nitrogen and oxygen atoms in total. The number of imidazole rings is 1. The lowest BCUT2D eigenvalue weighted by molar-refractivity contribution is -0.134. The van der Waals surface area contributed by atoms with Crippen molar-refractivity contribution in [3.63, 3.8) is 0 Å². The minimum Gasteiger partial charge on any atom is -0.347 e. The summed E-state index contributed by atoms with van der Waals surface area (Å²) in [6.45, 7) is 2.50. The van der Waals surface area contributed by atoms with E-state index >= 15 is 0 Å². The number of hydrogen-bond acceptors (Lipinski definition) is 4. The Morgan fingerprint density at radius 3 is 3.10 bits per heavy atom. The monoisotopic (exact) mass is 289 g/mol. The van der Waals surface area contributed by atoms with Crippen molar-refractivity contribution in [2.45, 2.75) is 50.4 Å². The standard InChI is InChI=1S/C15H23N5O/c1-19-10-2-3-11(19)8-20(5-4-10)15(21)13-6-12-14(7-16-13)18-9-17-12/h9-11,13,16H,2-8H2,1H3,(H,17,18). The van der Waals surface area contributed by atoms with E-state index in [4.69, 9.17) is 0 Å². The Bertz CT molecular complexity index is 542. The Kier molecular flexibility index (Phi) is 3.23. The second-order valence-electron chi connectivity index (χ2n) is 6.59. The SMILES string of the molecule is CN1C2CCC1CN(C(=O)C1Cc3nc[nH]c3CN1)CC2. The first-order valence-corrected chi connectivity index (χ1v) is 7.97. The number of carbonyl (C=O) groups is 1. The van der Waals surface area contributed by atoms with Gasteiger partial charge in [0.25, 0.3) is 0 Å². The minimum absolute atomic E-state index is 0.109. The maximum atomic E-state index is 12.8. The van der Waals surface area contributed by atoms with Crippen molar-refractivity contribution in [2.75, 3.05) is 20.1 Å². The van der Waals surface area contributed by atoms with Crippen LogP contribution in [0.15, 0.2) is 6.33 Å². The second-order valence-corrected chi connectivity index (χ2v) is 6.59. The van der Waals surface area contributed by atoms with Crippen LogP contribution < -0.4 is 5.32 Å². The summed E-state index contributed by atoms with van der Waals surface area (Å²) in [5, 5.41) is 3.36. The molecule has 6 heteroatoms. The highest BCUT2D eigenvalue weighted by atomic mass is 16.2. The number of nitrogens with zero attached hydrogens (tertiary/aromatic N) is 3. The van der Waals surface area contributed by atoms with Crippen LogP contribution in [-0.4, -0.2) is 63.9 Å². The van der Waals surface area contributed by atoms with Gasteiger partial charge in [0.1, 0.15) is 0 Å². The van der Waals surface area contributed by atoms with E-state index in [1.807, 2.05) is 0 Å². The van der Waals surface area contributed by atoms with Crippen LogP contribution in [0.25, 0.3) is 0 Å². The van der Waals surface area contributed by atoms with E-state index in [0.717, 1.165) is 30.9 Å². The first-order valence-electron chi connectivity index (χ1n) is 7.97. The molecule has 1 aromatic heterocycles. The van der Waals surface area contributed by atoms with Crippen molar-refractivity contribution in [2.24, 2.45) is 0 Å². The maximum absolute atomic E-state index is 12.8. The average Bonchev–Trinajstić information content (AvgIpc) is 3.02. The third kappa shape index (κ3) is 2.26. The molecule has 4 heterocycles. The normalized spacial score (nSPS) is 32.8. The number of likely N-dealkylation sites (tertiary alicyclic amines) is 1. The van der Waals surface area contributed by atoms with Crippen molar-refractivity contribution in [1.29, 1.82) is 0 Å². The topological polar surface area (TPSA) is 64.3 Å². The van der Waals surface area contributed by atoms with E-state index in [1.165, 1.54) is 12.8 Å². The Morgan fingerprint density at radius 1 is 1.33 bits per heavy atom. The smallest absolute Gasteiger partial charge is 0.240 e. The van der Waals surface area contributed by atoms with E-state index < -0.39 is 0 Å². The lowest BCUT2D eigenvalue weighted by Gasteiger charge is -2.31. The molecular formula is C15H23N5O. The van der Waals surface area contributed by atoms with Gasteiger partial charge in [-0.05, 0) is 26.3 Å². The predicted molar refractivity (Wildman–Crippen MR) is 78.7 cm³/mol. The van der Waals surface area contributed by atoms with Crippen molar-refractivity contribution < 1.29 is 4.79 Å². The number of carbonyl (C=O) groups excluding carboxylic acids is 1. The molecule has 1 aromatic rings. The van der Waals surface area contributed by atoms with Crippen LogP contribution in [0, 0.1) is 0 Å². The molecule has 3 aliphatic heterocycles. The predicted octanol–water partition coefficient (Wildman–Crippen LogP) is 0.119. The number of aromatic amines is 1. The van der Waals surface area contributed by atoms with Gasteiger partial charge in [0, 0.05) is 38.1 Å². The summed E-state index contributed by atoms with van der Waals surface area (Å²) in [6.07, 6.45) is 6.06. The van der Waals surface area contributed by atoms with E-state index in [0.29, 0.717) is 25.0 Å². The van der Waals surface area contributed by atoms with Gasteiger partial charge in [-0.15, -0.1) is 0 Å². The quantitative estimate of drug-likeness (QED) is 0.771. The molecule has 21 heavy (non-hydrogen) atoms. The van der Waals surface area contributed by atoms with Crippen molar-refractivity contribution in [1.82, 2.24) is 25.1 Å². The highest BCUT2D eigenvalue weighted by molar-refractivity contribution is 5.82. The number of aromatic nitrogens is 2. The van der Waals surface area contributed by atoms with Crippen LogP contribution in [-0.2, 0) is 17.8 Å². The molecular weight excluding hydrogens is 266 g/mol. The molecule has 3 aliphatic rings. The lowest BCUT2D eigenvalue weighted by Crippen LogP contribution is -2.51. The molecule has 0 radical (unpaired) electrons. The molecule has 0 spiro atoms. The molecule has 1 amide bonds. The zero-order chi connectivity index (χ0) is 14.4. The molecule has 0 aromatic carbocycles. The number of H-pyrrole nitrogens is 1. The first kappa shape index (κ1) is 13.3. The van der Waals surface area contributed by atoms with Crippen molar-refractivity contribution in [3.8, 4) is 0 Å². The number of likely N-dealkylation sites (N-methyl/N-ethyl adjacent to an activating group) is 1. The second kappa shape index (κ2) is 5.10. The Hall–Kier alpha value is -1.40.